The van der Waals surface area contributed by atoms with Crippen molar-refractivity contribution >= 4 is 74.8 Å². The molecular formula is C50H61FN14O9. The number of hydrogen-bond donors (Lipinski definition) is 9. The predicted octanol–water partition coefficient (Wildman–Crippen LogP) is 3.20. The van der Waals surface area contributed by atoms with Crippen LogP contribution in [0.4, 0.5) is 26.4 Å². The number of benzene rings is 2. The second-order valence-electron chi connectivity index (χ2n) is 18.9. The second-order valence-corrected chi connectivity index (χ2v) is 18.9. The van der Waals surface area contributed by atoms with Crippen LogP contribution in [0.15, 0.2) is 60.9 Å². The maximum atomic E-state index is 14.9. The minimum absolute atomic E-state index is 0.0486. The lowest BCUT2D eigenvalue weighted by molar-refractivity contribution is -0.137. The molecule has 1 aliphatic carbocycles. The highest BCUT2D eigenvalue weighted by molar-refractivity contribution is 6.15. The quantitative estimate of drug-likeness (QED) is 0.0243. The van der Waals surface area contributed by atoms with Gasteiger partial charge in [-0.15, -0.1) is 0 Å². The molecule has 74 heavy (non-hydrogen) atoms. The Morgan fingerprint density at radius 2 is 1.66 bits per heavy atom. The lowest BCUT2D eigenvalue weighted by Gasteiger charge is -2.25. The van der Waals surface area contributed by atoms with Crippen LogP contribution in [-0.4, -0.2) is 128 Å². The summed E-state index contributed by atoms with van der Waals surface area (Å²) in [7, 11) is 1.71. The van der Waals surface area contributed by atoms with Crippen molar-refractivity contribution in [2.24, 2.45) is 23.5 Å². The van der Waals surface area contributed by atoms with Crippen molar-refractivity contribution in [2.75, 3.05) is 48.8 Å². The molecule has 6 amide bonds. The average molecular weight is 1020 g/mol. The van der Waals surface area contributed by atoms with Gasteiger partial charge in [-0.3, -0.25) is 39.9 Å². The first-order chi connectivity index (χ1) is 35.5. The minimum atomic E-state index is -1.26. The van der Waals surface area contributed by atoms with Gasteiger partial charge in [-0.25, -0.2) is 19.2 Å². The van der Waals surface area contributed by atoms with Crippen molar-refractivity contribution in [3.8, 4) is 11.8 Å². The van der Waals surface area contributed by atoms with Gasteiger partial charge >= 0.3 is 12.1 Å². The Labute approximate surface area is 425 Å². The van der Waals surface area contributed by atoms with Crippen LogP contribution >= 0.6 is 0 Å². The molecule has 0 bridgehead atoms. The van der Waals surface area contributed by atoms with Crippen molar-refractivity contribution < 1.29 is 47.7 Å². The summed E-state index contributed by atoms with van der Waals surface area (Å²) in [6, 6.07) is 7.48. The number of carbonyl (C=O) groups is 6. The summed E-state index contributed by atoms with van der Waals surface area (Å²) in [6.45, 7) is 6.87. The summed E-state index contributed by atoms with van der Waals surface area (Å²) < 4.78 is 26.4. The van der Waals surface area contributed by atoms with Gasteiger partial charge in [-0.1, -0.05) is 32.4 Å². The van der Waals surface area contributed by atoms with Crippen molar-refractivity contribution in [3.63, 3.8) is 0 Å². The van der Waals surface area contributed by atoms with Crippen LogP contribution in [0.25, 0.3) is 21.9 Å². The van der Waals surface area contributed by atoms with E-state index >= 15 is 0 Å². The molecule has 1 saturated heterocycles. The predicted molar refractivity (Wildman–Crippen MR) is 270 cm³/mol. The van der Waals surface area contributed by atoms with Gasteiger partial charge in [0.15, 0.2) is 12.1 Å². The summed E-state index contributed by atoms with van der Waals surface area (Å²) in [4.78, 5) is 101. The lowest BCUT2D eigenvalue weighted by atomic mass is 10.0. The van der Waals surface area contributed by atoms with Gasteiger partial charge < -0.3 is 51.0 Å². The van der Waals surface area contributed by atoms with Gasteiger partial charge in [0.2, 0.25) is 17.7 Å². The molecule has 3 aromatic heterocycles. The Morgan fingerprint density at radius 1 is 0.946 bits per heavy atom. The molecule has 1 saturated carbocycles. The van der Waals surface area contributed by atoms with Gasteiger partial charge in [0.1, 0.15) is 41.8 Å². The molecule has 6 atom stereocenters. The number of nitrogens with two attached hydrogens (primary N) is 1. The third-order valence-corrected chi connectivity index (χ3v) is 13.2. The number of nitrogens with one attached hydrogen (secondary N) is 7. The van der Waals surface area contributed by atoms with Crippen LogP contribution < -0.4 is 47.3 Å². The standard InChI is InChI=1S/C50H61FN14O9/c1-26(2)41(59-37(66)10-6-5-7-18-65-38(67)15-16-39(65)68)47(70)58-35(9-8-17-54-48(52)71)46(69)57-30-13-11-28(12-14-30)25-73-50(72)61-42-33-23-64(24-34(33)42)45-40-32-19-29(51)20-36(53-4)43(32)60-44(40)62-49(63-45)74-31-21-55-27(3)56-22-31/h11-16,19-22,26,33-35,41-42,48,53-54,71H,5-10,17-18,23-25,52H2,1-4H3,(H,57,69)(H,58,70)(H,59,66)(H,61,72)(H,60,62,63)/t33-,34+,35-,41-,42+,48?/m0/s1. The number of rotatable bonds is 24. The molecule has 392 valence electrons. The van der Waals surface area contributed by atoms with Crippen LogP contribution in [0, 0.1) is 30.5 Å². The van der Waals surface area contributed by atoms with E-state index in [-0.39, 0.29) is 80.1 Å². The first kappa shape index (κ1) is 52.5. The zero-order valence-electron chi connectivity index (χ0n) is 41.4. The summed E-state index contributed by atoms with van der Waals surface area (Å²) in [5, 5.41) is 27.8. The Bertz CT molecular complexity index is 2890. The van der Waals surface area contributed by atoms with Crippen molar-refractivity contribution in [2.45, 2.75) is 90.4 Å². The molecule has 3 aliphatic rings. The van der Waals surface area contributed by atoms with E-state index in [1.165, 1.54) is 36.7 Å². The number of fused-ring (bicyclic) bond motifs is 4. The van der Waals surface area contributed by atoms with E-state index in [0.717, 1.165) is 4.90 Å². The first-order valence-electron chi connectivity index (χ1n) is 24.6. The largest absolute Gasteiger partial charge is 0.445 e. The van der Waals surface area contributed by atoms with Gasteiger partial charge in [0, 0.05) is 74.2 Å². The number of imide groups is 1. The fourth-order valence-corrected chi connectivity index (χ4v) is 9.24. The second kappa shape index (κ2) is 23.4. The van der Waals surface area contributed by atoms with Gasteiger partial charge in [-0.05, 0) is 74.9 Å². The number of piperidine rings is 1. The Kier molecular flexibility index (Phi) is 16.6. The molecule has 23 nitrogen and oxygen atoms in total. The average Bonchev–Trinajstić information content (AvgIpc) is 3.67. The number of hydrogen-bond acceptors (Lipinski definition) is 17. The van der Waals surface area contributed by atoms with E-state index < -0.39 is 42.2 Å². The third kappa shape index (κ3) is 12.8. The zero-order valence-corrected chi connectivity index (χ0v) is 41.4. The molecule has 8 rings (SSSR count). The molecule has 2 fully saturated rings. The van der Waals surface area contributed by atoms with Crippen molar-refractivity contribution in [3.05, 3.63) is 78.1 Å². The number of ether oxygens (including phenoxy) is 2. The number of amides is 6. The number of anilines is 3. The van der Waals surface area contributed by atoms with E-state index in [1.807, 2.05) is 0 Å². The van der Waals surface area contributed by atoms with Crippen LogP contribution in [0.3, 0.4) is 0 Å². The maximum absolute atomic E-state index is 14.9. The lowest BCUT2D eigenvalue weighted by Crippen LogP contribution is -2.54. The molecule has 2 aliphatic heterocycles. The number of aromatic nitrogens is 5. The summed E-state index contributed by atoms with van der Waals surface area (Å²) in [6.07, 6.45) is 5.90. The first-order valence-corrected chi connectivity index (χ1v) is 24.6. The number of aromatic amines is 1. The van der Waals surface area contributed by atoms with Gasteiger partial charge in [0.05, 0.1) is 29.0 Å². The van der Waals surface area contributed by atoms with E-state index in [0.29, 0.717) is 95.0 Å². The number of aryl methyl sites for hydroxylation is 1. The number of alkyl carbamates (subject to hydrolysis) is 1. The molecule has 2 aromatic carbocycles. The number of halogens is 1. The number of aliphatic hydroxyl groups excluding tert-OH is 1. The molecule has 1 unspecified atom stereocenters. The highest BCUT2D eigenvalue weighted by atomic mass is 19.1. The monoisotopic (exact) mass is 1020 g/mol. The van der Waals surface area contributed by atoms with Gasteiger partial charge in [-0.2, -0.15) is 9.97 Å². The highest BCUT2D eigenvalue weighted by Gasteiger charge is 2.57. The SMILES string of the molecule is CNc1cc(F)cc2c1[nH]c1nc(Oc3cnc(C)nc3)nc(N3C[C@@H]4[C@H](C3)[C@H]4NC(=O)OCc3ccc(NC(=O)[C@H](CCCNC(N)O)NC(=O)[C@@H](NC(=O)CCCCCN4C(=O)C=CC4=O)C(C)C)cc3)c12. The molecule has 24 heteroatoms. The van der Waals surface area contributed by atoms with E-state index in [9.17, 15) is 38.3 Å². The molecule has 10 N–H and O–H groups in total. The molecular weight excluding hydrogens is 960 g/mol. The highest BCUT2D eigenvalue weighted by Crippen LogP contribution is 2.48. The van der Waals surface area contributed by atoms with E-state index in [1.54, 1.807) is 52.1 Å². The Hall–Kier alpha value is -7.83. The summed E-state index contributed by atoms with van der Waals surface area (Å²) in [5.41, 5.74) is 8.16. The number of nitrogens with zero attached hydrogens (tertiary/aromatic N) is 6. The Balaban J connectivity index is 0.820. The smallest absolute Gasteiger partial charge is 0.407 e. The van der Waals surface area contributed by atoms with Crippen LogP contribution in [0.1, 0.15) is 63.8 Å². The zero-order chi connectivity index (χ0) is 52.6. The van der Waals surface area contributed by atoms with Crippen LogP contribution in [0.5, 0.6) is 11.8 Å². The number of carbonyl (C=O) groups excluding carboxylic acids is 6. The van der Waals surface area contributed by atoms with Crippen LogP contribution in [0.2, 0.25) is 0 Å². The number of unbranched alkanes of at least 4 members (excludes halogenated alkanes) is 2. The fraction of sp³-hybridized carbons (Fsp3) is 0.440. The van der Waals surface area contributed by atoms with Crippen molar-refractivity contribution in [1.29, 1.82) is 0 Å². The van der Waals surface area contributed by atoms with Crippen molar-refractivity contribution in [1.82, 2.24) is 51.1 Å². The third-order valence-electron chi connectivity index (χ3n) is 13.2. The molecule has 5 heterocycles. The fourth-order valence-electron chi connectivity index (χ4n) is 9.24. The van der Waals surface area contributed by atoms with Gasteiger partial charge in [0.25, 0.3) is 11.8 Å². The molecule has 0 spiro atoms. The molecule has 5 aromatic rings. The number of aliphatic hydroxyl groups is 1. The van der Waals surface area contributed by atoms with Crippen LogP contribution in [-0.2, 0) is 35.3 Å². The Morgan fingerprint density at radius 3 is 2.34 bits per heavy atom. The molecule has 0 radical (unpaired) electrons. The minimum Gasteiger partial charge on any atom is -0.445 e. The van der Waals surface area contributed by atoms with E-state index in [2.05, 4.69) is 56.7 Å². The normalized spacial score (nSPS) is 18.1. The summed E-state index contributed by atoms with van der Waals surface area (Å²) in [5.74, 6) is -1.20. The summed E-state index contributed by atoms with van der Waals surface area (Å²) >= 11 is 0. The maximum Gasteiger partial charge on any atom is 0.407 e. The topological polar surface area (TPSA) is 313 Å². The van der Waals surface area contributed by atoms with E-state index in [4.69, 9.17) is 20.2 Å². The number of H-pyrrole nitrogens is 1.